The summed E-state index contributed by atoms with van der Waals surface area (Å²) in [5.41, 5.74) is 1.13. The normalized spacial score (nSPS) is 20.5. The standard InChI is InChI=1S/C17H23NO5S/c1-4-23-17(22)13-9(2)10(3)24-15(13)18-14(19)11-7-5-6-8-12(11)16(20)21/h11-12H,4-8H2,1-3H3,(H,18,19)(H,20,21)/p-1/t11-,12-/m1/s1. The van der Waals surface area contributed by atoms with Gasteiger partial charge in [0.05, 0.1) is 12.2 Å². The van der Waals surface area contributed by atoms with Crippen molar-refractivity contribution in [3.63, 3.8) is 0 Å². The molecule has 1 aromatic rings. The largest absolute Gasteiger partial charge is 0.550 e. The molecule has 1 heterocycles. The lowest BCUT2D eigenvalue weighted by atomic mass is 9.79. The Morgan fingerprint density at radius 3 is 2.42 bits per heavy atom. The van der Waals surface area contributed by atoms with E-state index in [9.17, 15) is 19.5 Å². The van der Waals surface area contributed by atoms with E-state index in [1.165, 1.54) is 11.3 Å². The number of anilines is 1. The first-order chi connectivity index (χ1) is 11.4. The Morgan fingerprint density at radius 1 is 1.21 bits per heavy atom. The van der Waals surface area contributed by atoms with Gasteiger partial charge in [0.1, 0.15) is 5.00 Å². The van der Waals surface area contributed by atoms with Crippen LogP contribution in [0.1, 0.15) is 53.4 Å². The number of hydrogen-bond donors (Lipinski definition) is 1. The molecular formula is C17H22NO5S-. The summed E-state index contributed by atoms with van der Waals surface area (Å²) in [4.78, 5) is 36.9. The summed E-state index contributed by atoms with van der Waals surface area (Å²) in [6.45, 7) is 5.63. The van der Waals surface area contributed by atoms with Gasteiger partial charge < -0.3 is 20.0 Å². The summed E-state index contributed by atoms with van der Waals surface area (Å²) in [6.07, 6.45) is 2.57. The third-order valence-electron chi connectivity index (χ3n) is 4.51. The third-order valence-corrected chi connectivity index (χ3v) is 5.63. The molecule has 0 aliphatic heterocycles. The molecule has 1 saturated carbocycles. The Labute approximate surface area is 145 Å². The highest BCUT2D eigenvalue weighted by atomic mass is 32.1. The molecule has 1 amide bonds. The van der Waals surface area contributed by atoms with Gasteiger partial charge in [-0.1, -0.05) is 12.8 Å². The minimum absolute atomic E-state index is 0.246. The second kappa shape index (κ2) is 7.79. The van der Waals surface area contributed by atoms with E-state index in [2.05, 4.69) is 5.32 Å². The summed E-state index contributed by atoms with van der Waals surface area (Å²) in [6, 6.07) is 0. The lowest BCUT2D eigenvalue weighted by molar-refractivity contribution is -0.313. The predicted molar refractivity (Wildman–Crippen MR) is 88.8 cm³/mol. The van der Waals surface area contributed by atoms with Crippen molar-refractivity contribution in [2.24, 2.45) is 11.8 Å². The Hall–Kier alpha value is -1.89. The van der Waals surface area contributed by atoms with E-state index in [4.69, 9.17) is 4.74 Å². The van der Waals surface area contributed by atoms with Gasteiger partial charge in [-0.2, -0.15) is 0 Å². The van der Waals surface area contributed by atoms with Crippen LogP contribution in [-0.4, -0.2) is 24.5 Å². The Balaban J connectivity index is 2.24. The Morgan fingerprint density at radius 2 is 1.83 bits per heavy atom. The number of esters is 1. The Bertz CT molecular complexity index is 652. The van der Waals surface area contributed by atoms with Crippen LogP contribution in [0.25, 0.3) is 0 Å². The molecule has 1 aliphatic rings. The van der Waals surface area contributed by atoms with Crippen LogP contribution in [0, 0.1) is 25.7 Å². The molecule has 1 aliphatic carbocycles. The molecule has 0 bridgehead atoms. The molecule has 1 N–H and O–H groups in total. The van der Waals surface area contributed by atoms with Crippen LogP contribution < -0.4 is 10.4 Å². The number of nitrogens with one attached hydrogen (secondary N) is 1. The fraction of sp³-hybridized carbons (Fsp3) is 0.588. The predicted octanol–water partition coefficient (Wildman–Crippen LogP) is 2.04. The summed E-state index contributed by atoms with van der Waals surface area (Å²) < 4.78 is 5.06. The first-order valence-electron chi connectivity index (χ1n) is 8.15. The van der Waals surface area contributed by atoms with Crippen LogP contribution in [0.2, 0.25) is 0 Å². The number of rotatable bonds is 5. The van der Waals surface area contributed by atoms with Crippen LogP contribution in [0.5, 0.6) is 0 Å². The number of aryl methyl sites for hydroxylation is 1. The molecule has 2 atom stereocenters. The topological polar surface area (TPSA) is 95.5 Å². The highest BCUT2D eigenvalue weighted by Gasteiger charge is 2.33. The maximum Gasteiger partial charge on any atom is 0.341 e. The highest BCUT2D eigenvalue weighted by molar-refractivity contribution is 7.16. The SMILES string of the molecule is CCOC(=O)c1c(NC(=O)[C@@H]2CCCC[C@H]2C(=O)[O-])sc(C)c1C. The minimum atomic E-state index is -1.18. The second-order valence-electron chi connectivity index (χ2n) is 6.01. The van der Waals surface area contributed by atoms with Crippen molar-refractivity contribution in [1.29, 1.82) is 0 Å². The van der Waals surface area contributed by atoms with Crippen molar-refractivity contribution in [1.82, 2.24) is 0 Å². The van der Waals surface area contributed by atoms with E-state index >= 15 is 0 Å². The lowest BCUT2D eigenvalue weighted by Crippen LogP contribution is -2.42. The van der Waals surface area contributed by atoms with E-state index in [1.807, 2.05) is 6.92 Å². The van der Waals surface area contributed by atoms with Crippen molar-refractivity contribution < 1.29 is 24.2 Å². The molecule has 0 aromatic carbocycles. The molecule has 0 radical (unpaired) electrons. The smallest absolute Gasteiger partial charge is 0.341 e. The van der Waals surface area contributed by atoms with Crippen LogP contribution in [-0.2, 0) is 14.3 Å². The quantitative estimate of drug-likeness (QED) is 0.818. The first-order valence-corrected chi connectivity index (χ1v) is 8.97. The number of carbonyl (C=O) groups is 3. The zero-order chi connectivity index (χ0) is 17.9. The van der Waals surface area contributed by atoms with Crippen molar-refractivity contribution >= 4 is 34.2 Å². The molecule has 0 spiro atoms. The minimum Gasteiger partial charge on any atom is -0.550 e. The van der Waals surface area contributed by atoms with Gasteiger partial charge in [-0.15, -0.1) is 11.3 Å². The van der Waals surface area contributed by atoms with Gasteiger partial charge in [0.15, 0.2) is 0 Å². The number of thiophene rings is 1. The van der Waals surface area contributed by atoms with Gasteiger partial charge in [0.2, 0.25) is 5.91 Å². The Kier molecular flexibility index (Phi) is 5.99. The summed E-state index contributed by atoms with van der Waals surface area (Å²) in [7, 11) is 0. The molecule has 24 heavy (non-hydrogen) atoms. The maximum atomic E-state index is 12.6. The van der Waals surface area contributed by atoms with E-state index < -0.39 is 23.8 Å². The number of carbonyl (C=O) groups excluding carboxylic acids is 3. The molecule has 0 unspecified atom stereocenters. The van der Waals surface area contributed by atoms with Gasteiger partial charge in [0, 0.05) is 22.7 Å². The molecule has 6 nitrogen and oxygen atoms in total. The molecule has 0 saturated heterocycles. The van der Waals surface area contributed by atoms with Gasteiger partial charge in [-0.3, -0.25) is 4.79 Å². The number of hydrogen-bond acceptors (Lipinski definition) is 6. The fourth-order valence-corrected chi connectivity index (χ4v) is 4.15. The summed E-state index contributed by atoms with van der Waals surface area (Å²) >= 11 is 1.30. The van der Waals surface area contributed by atoms with Gasteiger partial charge in [0.25, 0.3) is 0 Å². The van der Waals surface area contributed by atoms with Gasteiger partial charge in [-0.25, -0.2) is 4.79 Å². The maximum absolute atomic E-state index is 12.6. The van der Waals surface area contributed by atoms with E-state index in [0.29, 0.717) is 23.4 Å². The third kappa shape index (κ3) is 3.77. The van der Waals surface area contributed by atoms with Crippen molar-refractivity contribution in [3.8, 4) is 0 Å². The van der Waals surface area contributed by atoms with E-state index in [-0.39, 0.29) is 12.5 Å². The van der Waals surface area contributed by atoms with E-state index in [0.717, 1.165) is 23.3 Å². The zero-order valence-corrected chi connectivity index (χ0v) is 15.0. The molecule has 7 heteroatoms. The van der Waals surface area contributed by atoms with Crippen LogP contribution >= 0.6 is 11.3 Å². The monoisotopic (exact) mass is 352 g/mol. The number of ether oxygens (including phenoxy) is 1. The fourth-order valence-electron chi connectivity index (χ4n) is 3.10. The molecule has 132 valence electrons. The van der Waals surface area contributed by atoms with Crippen molar-refractivity contribution in [2.75, 3.05) is 11.9 Å². The molecule has 2 rings (SSSR count). The summed E-state index contributed by atoms with van der Waals surface area (Å²) in [5.74, 6) is -3.42. The zero-order valence-electron chi connectivity index (χ0n) is 14.1. The number of carboxylic acid groups (broad SMARTS) is 1. The van der Waals surface area contributed by atoms with Crippen LogP contribution in [0.15, 0.2) is 0 Å². The molecular weight excluding hydrogens is 330 g/mol. The number of carboxylic acids is 1. The average molecular weight is 352 g/mol. The second-order valence-corrected chi connectivity index (χ2v) is 7.24. The summed E-state index contributed by atoms with van der Waals surface area (Å²) in [5, 5.41) is 14.5. The molecule has 1 aromatic heterocycles. The number of aliphatic carboxylic acids is 1. The molecule has 1 fully saturated rings. The van der Waals surface area contributed by atoms with Gasteiger partial charge >= 0.3 is 5.97 Å². The van der Waals surface area contributed by atoms with Crippen molar-refractivity contribution in [2.45, 2.75) is 46.5 Å². The van der Waals surface area contributed by atoms with E-state index in [1.54, 1.807) is 13.8 Å². The highest BCUT2D eigenvalue weighted by Crippen LogP contribution is 2.35. The number of amides is 1. The van der Waals surface area contributed by atoms with Gasteiger partial charge in [-0.05, 0) is 39.2 Å². The average Bonchev–Trinajstić information content (AvgIpc) is 2.81. The first kappa shape index (κ1) is 18.4. The van der Waals surface area contributed by atoms with Crippen molar-refractivity contribution in [3.05, 3.63) is 16.0 Å². The lowest BCUT2D eigenvalue weighted by Gasteiger charge is -2.31. The van der Waals surface area contributed by atoms with Crippen LogP contribution in [0.4, 0.5) is 5.00 Å². The van der Waals surface area contributed by atoms with Crippen LogP contribution in [0.3, 0.4) is 0 Å².